The second-order valence-electron chi connectivity index (χ2n) is 3.94. The minimum atomic E-state index is -1.70. The SMILES string of the molecule is CC(C)C(C#N)C(=O)c1ccc(F)c(F)c1F. The molecule has 1 aromatic carbocycles. The average molecular weight is 241 g/mol. The highest BCUT2D eigenvalue weighted by molar-refractivity contribution is 5.99. The lowest BCUT2D eigenvalue weighted by atomic mass is 9.89. The van der Waals surface area contributed by atoms with Crippen LogP contribution in [0.25, 0.3) is 0 Å². The first kappa shape index (κ1) is 13.2. The zero-order valence-electron chi connectivity index (χ0n) is 9.30. The first-order valence-corrected chi connectivity index (χ1v) is 4.97. The number of nitrogens with zero attached hydrogens (tertiary/aromatic N) is 1. The van der Waals surface area contributed by atoms with Gasteiger partial charge in [-0.1, -0.05) is 13.8 Å². The summed E-state index contributed by atoms with van der Waals surface area (Å²) in [6.45, 7) is 3.23. The van der Waals surface area contributed by atoms with Gasteiger partial charge < -0.3 is 0 Å². The van der Waals surface area contributed by atoms with E-state index in [0.29, 0.717) is 6.07 Å². The van der Waals surface area contributed by atoms with Crippen molar-refractivity contribution in [3.63, 3.8) is 0 Å². The number of rotatable bonds is 3. The van der Waals surface area contributed by atoms with Crippen molar-refractivity contribution in [1.82, 2.24) is 0 Å². The Labute approximate surface area is 96.7 Å². The first-order chi connectivity index (χ1) is 7.90. The van der Waals surface area contributed by atoms with Gasteiger partial charge in [0.2, 0.25) is 0 Å². The van der Waals surface area contributed by atoms with Gasteiger partial charge in [0.15, 0.2) is 23.2 Å². The number of hydrogen-bond donors (Lipinski definition) is 0. The van der Waals surface area contributed by atoms with Gasteiger partial charge in [-0.05, 0) is 18.1 Å². The predicted octanol–water partition coefficient (Wildman–Crippen LogP) is 3.08. The van der Waals surface area contributed by atoms with E-state index in [2.05, 4.69) is 0 Å². The fraction of sp³-hybridized carbons (Fsp3) is 0.333. The number of halogens is 3. The summed E-state index contributed by atoms with van der Waals surface area (Å²) in [6, 6.07) is 3.25. The fourth-order valence-corrected chi connectivity index (χ4v) is 1.39. The number of ketones is 1. The molecule has 0 aliphatic heterocycles. The standard InChI is InChI=1S/C12H10F3NO/c1-6(2)8(5-16)12(17)7-3-4-9(13)11(15)10(7)14/h3-4,6,8H,1-2H3. The molecule has 90 valence electrons. The van der Waals surface area contributed by atoms with Crippen molar-refractivity contribution in [2.75, 3.05) is 0 Å². The third-order valence-corrected chi connectivity index (χ3v) is 2.39. The summed E-state index contributed by atoms with van der Waals surface area (Å²) in [5.74, 6) is -6.85. The van der Waals surface area contributed by atoms with E-state index < -0.39 is 34.7 Å². The number of nitriles is 1. The van der Waals surface area contributed by atoms with Crippen LogP contribution in [0.3, 0.4) is 0 Å². The lowest BCUT2D eigenvalue weighted by Gasteiger charge is -2.12. The van der Waals surface area contributed by atoms with Crippen LogP contribution in [0.1, 0.15) is 24.2 Å². The summed E-state index contributed by atoms with van der Waals surface area (Å²) < 4.78 is 38.9. The molecular formula is C12H10F3NO. The molecule has 0 aromatic heterocycles. The Balaban J connectivity index is 3.23. The molecule has 0 N–H and O–H groups in total. The van der Waals surface area contributed by atoms with Crippen molar-refractivity contribution in [3.05, 3.63) is 35.1 Å². The Morgan fingerprint density at radius 2 is 1.82 bits per heavy atom. The van der Waals surface area contributed by atoms with Gasteiger partial charge in [0.1, 0.15) is 5.92 Å². The van der Waals surface area contributed by atoms with E-state index in [0.717, 1.165) is 6.07 Å². The summed E-state index contributed by atoms with van der Waals surface area (Å²) in [4.78, 5) is 11.8. The molecule has 1 unspecified atom stereocenters. The van der Waals surface area contributed by atoms with Crippen molar-refractivity contribution < 1.29 is 18.0 Å². The summed E-state index contributed by atoms with van der Waals surface area (Å²) in [5, 5.41) is 8.78. The van der Waals surface area contributed by atoms with Crippen molar-refractivity contribution in [1.29, 1.82) is 5.26 Å². The Morgan fingerprint density at radius 1 is 1.24 bits per heavy atom. The van der Waals surface area contributed by atoms with Crippen LogP contribution >= 0.6 is 0 Å². The van der Waals surface area contributed by atoms with Gasteiger partial charge in [0.25, 0.3) is 0 Å². The number of Topliss-reactive ketones (excluding diaryl/α,β-unsaturated/α-hetero) is 1. The Kier molecular flexibility index (Phi) is 3.89. The highest BCUT2D eigenvalue weighted by Crippen LogP contribution is 2.21. The molecule has 0 radical (unpaired) electrons. The normalized spacial score (nSPS) is 12.3. The molecule has 5 heteroatoms. The van der Waals surface area contributed by atoms with Gasteiger partial charge in [-0.15, -0.1) is 0 Å². The second kappa shape index (κ2) is 5.00. The molecule has 0 aliphatic rings. The van der Waals surface area contributed by atoms with Crippen molar-refractivity contribution in [2.24, 2.45) is 11.8 Å². The van der Waals surface area contributed by atoms with E-state index >= 15 is 0 Å². The summed E-state index contributed by atoms with van der Waals surface area (Å²) in [7, 11) is 0. The maximum absolute atomic E-state index is 13.3. The maximum atomic E-state index is 13.3. The molecule has 0 bridgehead atoms. The zero-order chi connectivity index (χ0) is 13.2. The van der Waals surface area contributed by atoms with Gasteiger partial charge in [-0.2, -0.15) is 5.26 Å². The van der Waals surface area contributed by atoms with E-state index in [1.54, 1.807) is 19.9 Å². The molecule has 0 heterocycles. The summed E-state index contributed by atoms with van der Waals surface area (Å²) in [5.41, 5.74) is -0.593. The number of hydrogen-bond acceptors (Lipinski definition) is 2. The fourth-order valence-electron chi connectivity index (χ4n) is 1.39. The molecular weight excluding hydrogens is 231 g/mol. The van der Waals surface area contributed by atoms with Gasteiger partial charge >= 0.3 is 0 Å². The van der Waals surface area contributed by atoms with Crippen LogP contribution in [0, 0.1) is 40.6 Å². The molecule has 0 saturated carbocycles. The molecule has 0 saturated heterocycles. The molecule has 0 spiro atoms. The van der Waals surface area contributed by atoms with Gasteiger partial charge in [-0.25, -0.2) is 13.2 Å². The van der Waals surface area contributed by atoms with Crippen LogP contribution in [-0.4, -0.2) is 5.78 Å². The Bertz CT molecular complexity index is 491. The van der Waals surface area contributed by atoms with Crippen molar-refractivity contribution >= 4 is 5.78 Å². The minimum absolute atomic E-state index is 0.333. The van der Waals surface area contributed by atoms with E-state index in [1.165, 1.54) is 0 Å². The van der Waals surface area contributed by atoms with Crippen molar-refractivity contribution in [2.45, 2.75) is 13.8 Å². The Morgan fingerprint density at radius 3 is 2.29 bits per heavy atom. The summed E-state index contributed by atoms with van der Waals surface area (Å²) in [6.07, 6.45) is 0. The molecule has 1 rings (SSSR count). The molecule has 2 nitrogen and oxygen atoms in total. The lowest BCUT2D eigenvalue weighted by Crippen LogP contribution is -2.20. The number of benzene rings is 1. The molecule has 0 aliphatic carbocycles. The van der Waals surface area contributed by atoms with Gasteiger partial charge in [-0.3, -0.25) is 4.79 Å². The van der Waals surface area contributed by atoms with Crippen LogP contribution in [0.2, 0.25) is 0 Å². The third-order valence-electron chi connectivity index (χ3n) is 2.39. The third kappa shape index (κ3) is 2.47. The molecule has 1 aromatic rings. The van der Waals surface area contributed by atoms with E-state index in [1.807, 2.05) is 0 Å². The first-order valence-electron chi connectivity index (χ1n) is 4.97. The number of carbonyl (C=O) groups is 1. The molecule has 0 fully saturated rings. The maximum Gasteiger partial charge on any atom is 0.195 e. The highest BCUT2D eigenvalue weighted by atomic mass is 19.2. The monoisotopic (exact) mass is 241 g/mol. The van der Waals surface area contributed by atoms with E-state index in [9.17, 15) is 18.0 Å². The molecule has 17 heavy (non-hydrogen) atoms. The lowest BCUT2D eigenvalue weighted by molar-refractivity contribution is 0.0919. The molecule has 1 atom stereocenters. The number of carbonyl (C=O) groups excluding carboxylic acids is 1. The highest BCUT2D eigenvalue weighted by Gasteiger charge is 2.27. The largest absolute Gasteiger partial charge is 0.293 e. The Hall–Kier alpha value is -1.83. The van der Waals surface area contributed by atoms with Gasteiger partial charge in [0.05, 0.1) is 11.6 Å². The zero-order valence-corrected chi connectivity index (χ0v) is 9.30. The van der Waals surface area contributed by atoms with Gasteiger partial charge in [0, 0.05) is 0 Å². The van der Waals surface area contributed by atoms with Crippen LogP contribution < -0.4 is 0 Å². The van der Waals surface area contributed by atoms with Crippen LogP contribution in [0.5, 0.6) is 0 Å². The molecule has 0 amide bonds. The minimum Gasteiger partial charge on any atom is -0.293 e. The van der Waals surface area contributed by atoms with Crippen molar-refractivity contribution in [3.8, 4) is 6.07 Å². The van der Waals surface area contributed by atoms with E-state index in [-0.39, 0.29) is 5.92 Å². The topological polar surface area (TPSA) is 40.9 Å². The van der Waals surface area contributed by atoms with E-state index in [4.69, 9.17) is 5.26 Å². The summed E-state index contributed by atoms with van der Waals surface area (Å²) >= 11 is 0. The predicted molar refractivity (Wildman–Crippen MR) is 54.6 cm³/mol. The van der Waals surface area contributed by atoms with Crippen LogP contribution in [0.4, 0.5) is 13.2 Å². The quantitative estimate of drug-likeness (QED) is 0.602. The smallest absolute Gasteiger partial charge is 0.195 e. The average Bonchev–Trinajstić information content (AvgIpc) is 2.26. The second-order valence-corrected chi connectivity index (χ2v) is 3.94. The van der Waals surface area contributed by atoms with Crippen LogP contribution in [0.15, 0.2) is 12.1 Å². The van der Waals surface area contributed by atoms with Crippen LogP contribution in [-0.2, 0) is 0 Å².